The number of ether oxygens (including phenoxy) is 1. The summed E-state index contributed by atoms with van der Waals surface area (Å²) in [5.41, 5.74) is 10.6. The first kappa shape index (κ1) is 27.3. The molecule has 0 fully saturated rings. The highest BCUT2D eigenvalue weighted by Gasteiger charge is 2.41. The van der Waals surface area contributed by atoms with E-state index in [1.54, 1.807) is 0 Å². The molecule has 1 heterocycles. The van der Waals surface area contributed by atoms with Crippen molar-refractivity contribution in [2.24, 2.45) is 0 Å². The van der Waals surface area contributed by atoms with Crippen LogP contribution >= 0.6 is 0 Å². The molecule has 5 rings (SSSR count). The molecule has 4 aromatic carbocycles. The number of rotatable bonds is 7. The number of esters is 1. The van der Waals surface area contributed by atoms with Crippen molar-refractivity contribution in [3.05, 3.63) is 142 Å². The molecule has 4 nitrogen and oxygen atoms in total. The number of hydrogen-bond acceptors (Lipinski definition) is 4. The minimum absolute atomic E-state index is 0.0132. The number of benzene rings is 4. The Balaban J connectivity index is 1.77. The lowest BCUT2D eigenvalue weighted by atomic mass is 9.83. The molecule has 4 heteroatoms. The Labute approximate surface area is 238 Å². The molecule has 0 saturated carbocycles. The van der Waals surface area contributed by atoms with Crippen LogP contribution in [0.4, 0.5) is 11.4 Å². The van der Waals surface area contributed by atoms with Gasteiger partial charge in [0.1, 0.15) is 0 Å². The van der Waals surface area contributed by atoms with Gasteiger partial charge in [-0.25, -0.2) is 4.79 Å². The lowest BCUT2D eigenvalue weighted by molar-refractivity contribution is -0.139. The van der Waals surface area contributed by atoms with Gasteiger partial charge in [-0.15, -0.1) is 0 Å². The van der Waals surface area contributed by atoms with Crippen LogP contribution in [0.15, 0.2) is 108 Å². The highest BCUT2D eigenvalue weighted by molar-refractivity contribution is 5.93. The van der Waals surface area contributed by atoms with Crippen molar-refractivity contribution in [2.75, 3.05) is 16.8 Å². The van der Waals surface area contributed by atoms with Crippen molar-refractivity contribution in [1.29, 1.82) is 0 Å². The van der Waals surface area contributed by atoms with Crippen molar-refractivity contribution in [1.82, 2.24) is 0 Å². The quantitative estimate of drug-likeness (QED) is 0.243. The number of nitrogens with zero attached hydrogens (tertiary/aromatic N) is 1. The number of carbonyl (C=O) groups is 1. The third-order valence-corrected chi connectivity index (χ3v) is 7.64. The average Bonchev–Trinajstić information content (AvgIpc) is 2.95. The van der Waals surface area contributed by atoms with E-state index in [1.807, 2.05) is 6.92 Å². The van der Waals surface area contributed by atoms with Crippen LogP contribution in [-0.4, -0.2) is 12.6 Å². The number of anilines is 2. The van der Waals surface area contributed by atoms with Crippen LogP contribution < -0.4 is 10.2 Å². The van der Waals surface area contributed by atoms with E-state index in [-0.39, 0.29) is 18.1 Å². The number of nitrogens with one attached hydrogen (secondary N) is 1. The molecule has 1 aliphatic rings. The number of carbonyl (C=O) groups excluding carboxylic acids is 1. The van der Waals surface area contributed by atoms with E-state index in [0.29, 0.717) is 18.6 Å². The molecule has 4 aromatic rings. The van der Waals surface area contributed by atoms with Gasteiger partial charge in [0.2, 0.25) is 0 Å². The Kier molecular flexibility index (Phi) is 8.06. The third kappa shape index (κ3) is 5.81. The molecule has 0 radical (unpaired) electrons. The van der Waals surface area contributed by atoms with Crippen LogP contribution in [0.1, 0.15) is 58.8 Å². The molecule has 1 N–H and O–H groups in total. The second-order valence-corrected chi connectivity index (χ2v) is 10.8. The van der Waals surface area contributed by atoms with Gasteiger partial charge in [0.15, 0.2) is 0 Å². The molecule has 2 atom stereocenters. The summed E-state index contributed by atoms with van der Waals surface area (Å²) in [5.74, 6) is -0.290. The normalized spacial score (nSPS) is 17.1. The van der Waals surface area contributed by atoms with Crippen LogP contribution in [0, 0.1) is 27.7 Å². The van der Waals surface area contributed by atoms with Gasteiger partial charge in [-0.3, -0.25) is 0 Å². The first-order valence-corrected chi connectivity index (χ1v) is 14.1. The summed E-state index contributed by atoms with van der Waals surface area (Å²) in [5, 5.41) is 3.65. The van der Waals surface area contributed by atoms with Gasteiger partial charge in [-0.1, -0.05) is 95.1 Å². The van der Waals surface area contributed by atoms with Crippen molar-refractivity contribution in [3.8, 4) is 0 Å². The van der Waals surface area contributed by atoms with E-state index in [2.05, 4.69) is 135 Å². The summed E-state index contributed by atoms with van der Waals surface area (Å²) in [6.07, 6.45) is 0.626. The molecule has 1 aliphatic heterocycles. The van der Waals surface area contributed by atoms with Crippen molar-refractivity contribution in [2.45, 2.75) is 53.1 Å². The summed E-state index contributed by atoms with van der Waals surface area (Å²) >= 11 is 0. The van der Waals surface area contributed by atoms with Crippen LogP contribution in [-0.2, 0) is 9.53 Å². The van der Waals surface area contributed by atoms with Gasteiger partial charge in [-0.05, 0) is 70.0 Å². The van der Waals surface area contributed by atoms with Crippen LogP contribution in [0.2, 0.25) is 0 Å². The molecule has 0 aromatic heterocycles. The molecule has 0 bridgehead atoms. The Morgan fingerprint density at radius 1 is 0.725 bits per heavy atom. The molecule has 0 aliphatic carbocycles. The third-order valence-electron chi connectivity index (χ3n) is 7.64. The highest BCUT2D eigenvalue weighted by atomic mass is 16.5. The highest BCUT2D eigenvalue weighted by Crippen LogP contribution is 2.48. The van der Waals surface area contributed by atoms with E-state index < -0.39 is 0 Å². The molecule has 204 valence electrons. The fourth-order valence-electron chi connectivity index (χ4n) is 5.45. The monoisotopic (exact) mass is 530 g/mol. The second kappa shape index (κ2) is 11.8. The number of hydrogen-bond donors (Lipinski definition) is 1. The standard InChI is InChI=1S/C36H38N2O2/c1-6-40-36(39)34-32(37-30-19-11-26(4)12-20-30)23-33(28-15-7-24(2)8-16-28)38(31-21-13-27(5)14-22-31)35(34)29-17-9-25(3)10-18-29/h7-22,33,35,37H,6,23H2,1-5H3/t33-,35+/m0/s1. The summed E-state index contributed by atoms with van der Waals surface area (Å²) < 4.78 is 5.74. The molecule has 0 spiro atoms. The zero-order chi connectivity index (χ0) is 28.2. The number of aryl methyl sites for hydroxylation is 4. The zero-order valence-corrected chi connectivity index (χ0v) is 24.1. The van der Waals surface area contributed by atoms with Crippen molar-refractivity contribution in [3.63, 3.8) is 0 Å². The molecule has 40 heavy (non-hydrogen) atoms. The topological polar surface area (TPSA) is 41.6 Å². The predicted octanol–water partition coefficient (Wildman–Crippen LogP) is 8.54. The van der Waals surface area contributed by atoms with Crippen LogP contribution in [0.25, 0.3) is 0 Å². The molecular weight excluding hydrogens is 492 g/mol. The summed E-state index contributed by atoms with van der Waals surface area (Å²) in [6.45, 7) is 10.6. The maximum absolute atomic E-state index is 13.9. The van der Waals surface area contributed by atoms with Crippen LogP contribution in [0.5, 0.6) is 0 Å². The van der Waals surface area contributed by atoms with Gasteiger partial charge in [0, 0.05) is 23.5 Å². The van der Waals surface area contributed by atoms with E-state index in [1.165, 1.54) is 27.8 Å². The molecule has 0 saturated heterocycles. The Hall–Kier alpha value is -4.31. The SMILES string of the molecule is CCOC(=O)C1=C(Nc2ccc(C)cc2)C[C@@H](c2ccc(C)cc2)N(c2ccc(C)cc2)[C@@H]1c1ccc(C)cc1. The van der Waals surface area contributed by atoms with E-state index in [0.717, 1.165) is 22.6 Å². The maximum Gasteiger partial charge on any atom is 0.338 e. The Morgan fingerprint density at radius 3 is 1.73 bits per heavy atom. The van der Waals surface area contributed by atoms with Crippen molar-refractivity contribution < 1.29 is 9.53 Å². The minimum atomic E-state index is -0.352. The van der Waals surface area contributed by atoms with Gasteiger partial charge in [0.25, 0.3) is 0 Å². The summed E-state index contributed by atoms with van der Waals surface area (Å²) in [6, 6.07) is 33.8. The molecule has 0 unspecified atom stereocenters. The predicted molar refractivity (Wildman–Crippen MR) is 165 cm³/mol. The largest absolute Gasteiger partial charge is 0.463 e. The van der Waals surface area contributed by atoms with E-state index >= 15 is 0 Å². The van der Waals surface area contributed by atoms with Gasteiger partial charge in [-0.2, -0.15) is 0 Å². The fourth-order valence-corrected chi connectivity index (χ4v) is 5.45. The maximum atomic E-state index is 13.9. The summed E-state index contributed by atoms with van der Waals surface area (Å²) in [7, 11) is 0. The fraction of sp³-hybridized carbons (Fsp3) is 0.250. The smallest absolute Gasteiger partial charge is 0.338 e. The molecular formula is C36H38N2O2. The summed E-state index contributed by atoms with van der Waals surface area (Å²) in [4.78, 5) is 16.3. The average molecular weight is 531 g/mol. The Morgan fingerprint density at radius 2 is 1.20 bits per heavy atom. The minimum Gasteiger partial charge on any atom is -0.463 e. The van der Waals surface area contributed by atoms with Gasteiger partial charge in [0.05, 0.1) is 24.3 Å². The van der Waals surface area contributed by atoms with E-state index in [9.17, 15) is 4.79 Å². The van der Waals surface area contributed by atoms with E-state index in [4.69, 9.17) is 4.74 Å². The van der Waals surface area contributed by atoms with Gasteiger partial charge < -0.3 is 15.0 Å². The lowest BCUT2D eigenvalue weighted by Crippen LogP contribution is -2.41. The van der Waals surface area contributed by atoms with Crippen LogP contribution in [0.3, 0.4) is 0 Å². The Bertz CT molecular complexity index is 1480. The first-order chi connectivity index (χ1) is 19.3. The lowest BCUT2D eigenvalue weighted by Gasteiger charge is -2.46. The van der Waals surface area contributed by atoms with Gasteiger partial charge >= 0.3 is 5.97 Å². The zero-order valence-electron chi connectivity index (χ0n) is 24.1. The second-order valence-electron chi connectivity index (χ2n) is 10.8. The van der Waals surface area contributed by atoms with Crippen molar-refractivity contribution >= 4 is 17.3 Å². The first-order valence-electron chi connectivity index (χ1n) is 14.1. The molecule has 0 amide bonds.